The molecule has 0 aliphatic heterocycles. The third-order valence-corrected chi connectivity index (χ3v) is 4.40. The second-order valence-corrected chi connectivity index (χ2v) is 6.45. The van der Waals surface area contributed by atoms with Gasteiger partial charge in [-0.2, -0.15) is 8.78 Å². The highest BCUT2D eigenvalue weighted by Crippen LogP contribution is 2.22. The summed E-state index contributed by atoms with van der Waals surface area (Å²) in [5, 5.41) is 2.93. The molecule has 0 atom stereocenters. The number of carbonyl (C=O) groups is 1. The normalized spacial score (nSPS) is 11.3. The van der Waals surface area contributed by atoms with Crippen molar-refractivity contribution in [1.82, 2.24) is 4.98 Å². The van der Waals surface area contributed by atoms with E-state index in [1.165, 1.54) is 0 Å². The third-order valence-electron chi connectivity index (χ3n) is 4.40. The number of rotatable bonds is 7. The van der Waals surface area contributed by atoms with E-state index in [0.29, 0.717) is 17.7 Å². The molecule has 1 heterocycles. The van der Waals surface area contributed by atoms with Gasteiger partial charge in [-0.3, -0.25) is 9.78 Å². The molecule has 0 unspecified atom stereocenters. The van der Waals surface area contributed by atoms with Crippen molar-refractivity contribution in [3.8, 4) is 0 Å². The van der Waals surface area contributed by atoms with Crippen molar-refractivity contribution >= 4 is 23.3 Å². The van der Waals surface area contributed by atoms with Crippen molar-refractivity contribution in [3.05, 3.63) is 102 Å². The fraction of sp³-hybridized carbons (Fsp3) is 0.0870. The van der Waals surface area contributed by atoms with Crippen LogP contribution < -0.4 is 10.7 Å². The van der Waals surface area contributed by atoms with Gasteiger partial charge in [0.15, 0.2) is 0 Å². The molecular formula is C23H20F2N4O2. The van der Waals surface area contributed by atoms with Crippen molar-refractivity contribution in [2.24, 2.45) is 10.9 Å². The molecule has 6 nitrogen and oxygen atoms in total. The summed E-state index contributed by atoms with van der Waals surface area (Å²) in [7, 11) is 0. The van der Waals surface area contributed by atoms with Crippen LogP contribution in [-0.2, 0) is 11.3 Å². The van der Waals surface area contributed by atoms with Gasteiger partial charge in [-0.05, 0) is 29.8 Å². The maximum absolute atomic E-state index is 13.1. The molecule has 1 aromatic heterocycles. The van der Waals surface area contributed by atoms with Gasteiger partial charge in [0.05, 0.1) is 6.54 Å². The van der Waals surface area contributed by atoms with Crippen LogP contribution >= 0.6 is 0 Å². The molecule has 3 aromatic rings. The van der Waals surface area contributed by atoms with Crippen LogP contribution in [0.5, 0.6) is 0 Å². The Morgan fingerprint density at radius 2 is 1.68 bits per heavy atom. The number of hydrogen-bond donors (Lipinski definition) is 1. The zero-order valence-corrected chi connectivity index (χ0v) is 16.5. The number of anilines is 1. The zero-order valence-electron chi connectivity index (χ0n) is 16.5. The van der Waals surface area contributed by atoms with Crippen LogP contribution in [0.4, 0.5) is 14.5 Å². The third kappa shape index (κ3) is 5.51. The Morgan fingerprint density at radius 1 is 1.03 bits per heavy atom. The van der Waals surface area contributed by atoms with Crippen LogP contribution in [0.3, 0.4) is 0 Å². The number of benzene rings is 2. The summed E-state index contributed by atoms with van der Waals surface area (Å²) in [6.45, 7) is 3.94. The molecule has 2 aromatic carbocycles. The van der Waals surface area contributed by atoms with Crippen LogP contribution in [0.2, 0.25) is 0 Å². The minimum absolute atomic E-state index is 0.0103. The number of carbonyl (C=O) groups excluding carboxylic acids is 1. The topological polar surface area (TPSA) is 80.8 Å². The Balaban J connectivity index is 1.80. The van der Waals surface area contributed by atoms with E-state index in [-0.39, 0.29) is 11.7 Å². The molecule has 0 saturated heterocycles. The lowest BCUT2D eigenvalue weighted by Gasteiger charge is -2.23. The Bertz CT molecular complexity index is 1060. The minimum Gasteiger partial charge on any atom is -0.437 e. The number of hydrazone groups is 1. The van der Waals surface area contributed by atoms with E-state index in [1.807, 2.05) is 30.3 Å². The average Bonchev–Trinajstić information content (AvgIpc) is 2.81. The maximum atomic E-state index is 13.1. The van der Waals surface area contributed by atoms with Gasteiger partial charge < -0.3 is 15.5 Å². The lowest BCUT2D eigenvalue weighted by atomic mass is 10.1. The van der Waals surface area contributed by atoms with Gasteiger partial charge in [0.1, 0.15) is 5.76 Å². The number of ether oxygens (including phenoxy) is 1. The van der Waals surface area contributed by atoms with Crippen molar-refractivity contribution < 1.29 is 18.3 Å². The molecule has 0 bridgehead atoms. The largest absolute Gasteiger partial charge is 0.437 e. The quantitative estimate of drug-likeness (QED) is 0.201. The summed E-state index contributed by atoms with van der Waals surface area (Å²) in [5.74, 6) is 3.82. The number of hydrogen-bond acceptors (Lipinski definition) is 5. The summed E-state index contributed by atoms with van der Waals surface area (Å²) < 4.78 is 30.4. The Hall–Kier alpha value is -4.07. The summed E-state index contributed by atoms with van der Waals surface area (Å²) in [4.78, 5) is 18.7. The molecule has 0 aliphatic rings. The van der Waals surface area contributed by atoms with Crippen LogP contribution in [0.25, 0.3) is 5.76 Å². The molecule has 2 N–H and O–H groups in total. The van der Waals surface area contributed by atoms with Gasteiger partial charge in [-0.25, -0.2) is 0 Å². The van der Waals surface area contributed by atoms with E-state index < -0.39 is 12.3 Å². The first kappa shape index (κ1) is 21.6. The SMILES string of the molecule is C=C(O/C(=N\N)C(F)F)c1ccc(CN(C(=O)c2ccncc2)c2ccccc2)cc1. The molecule has 158 valence electrons. The highest BCUT2D eigenvalue weighted by atomic mass is 19.3. The molecule has 0 fully saturated rings. The second kappa shape index (κ2) is 10.1. The molecule has 0 spiro atoms. The van der Waals surface area contributed by atoms with Gasteiger partial charge in [-0.15, -0.1) is 5.10 Å². The van der Waals surface area contributed by atoms with Crippen LogP contribution in [0.15, 0.2) is 90.8 Å². The number of pyridine rings is 1. The van der Waals surface area contributed by atoms with Gasteiger partial charge in [0, 0.05) is 29.2 Å². The predicted molar refractivity (Wildman–Crippen MR) is 115 cm³/mol. The van der Waals surface area contributed by atoms with Gasteiger partial charge >= 0.3 is 6.43 Å². The van der Waals surface area contributed by atoms with Gasteiger partial charge in [-0.1, -0.05) is 49.0 Å². The zero-order chi connectivity index (χ0) is 22.2. The fourth-order valence-electron chi connectivity index (χ4n) is 2.83. The fourth-order valence-corrected chi connectivity index (χ4v) is 2.83. The summed E-state index contributed by atoms with van der Waals surface area (Å²) in [5.41, 5.74) is 2.56. The van der Waals surface area contributed by atoms with E-state index in [9.17, 15) is 13.6 Å². The number of aromatic nitrogens is 1. The lowest BCUT2D eigenvalue weighted by molar-refractivity contribution is 0.0985. The number of nitrogens with two attached hydrogens (primary N) is 1. The molecule has 0 aliphatic carbocycles. The molecule has 1 amide bonds. The lowest BCUT2D eigenvalue weighted by Crippen LogP contribution is -2.30. The van der Waals surface area contributed by atoms with Crippen LogP contribution in [-0.4, -0.2) is 23.2 Å². The number of para-hydroxylation sites is 1. The molecule has 0 radical (unpaired) electrons. The van der Waals surface area contributed by atoms with Gasteiger partial charge in [0.25, 0.3) is 11.8 Å². The smallest absolute Gasteiger partial charge is 0.314 e. The second-order valence-electron chi connectivity index (χ2n) is 6.45. The molecule has 31 heavy (non-hydrogen) atoms. The summed E-state index contributed by atoms with van der Waals surface area (Å²) in [6.07, 6.45) is 0.184. The standard InChI is InChI=1S/C23H20F2N4O2/c1-16(31-22(28-26)21(24)25)18-9-7-17(8-10-18)15-29(20-5-3-2-4-6-20)23(30)19-11-13-27-14-12-19/h2-14,21H,1,15,26H2/b28-22-. The number of alkyl halides is 2. The van der Waals surface area contributed by atoms with Crippen molar-refractivity contribution in [2.75, 3.05) is 4.90 Å². The first-order valence-corrected chi connectivity index (χ1v) is 9.28. The predicted octanol–water partition coefficient (Wildman–Crippen LogP) is 4.45. The van der Waals surface area contributed by atoms with Gasteiger partial charge in [0.2, 0.25) is 0 Å². The molecule has 0 saturated carbocycles. The van der Waals surface area contributed by atoms with E-state index in [2.05, 4.69) is 16.7 Å². The number of nitrogens with zero attached hydrogens (tertiary/aromatic N) is 3. The average molecular weight is 422 g/mol. The first-order chi connectivity index (χ1) is 15.0. The number of amides is 1. The van der Waals surface area contributed by atoms with Crippen molar-refractivity contribution in [3.63, 3.8) is 0 Å². The molecule has 8 heteroatoms. The summed E-state index contributed by atoms with van der Waals surface area (Å²) in [6, 6.07) is 19.4. The Kier molecular flexibility index (Phi) is 7.05. The minimum atomic E-state index is -2.94. The van der Waals surface area contributed by atoms with E-state index in [1.54, 1.807) is 53.7 Å². The van der Waals surface area contributed by atoms with Crippen LogP contribution in [0, 0.1) is 0 Å². The molecule has 3 rings (SSSR count). The Morgan fingerprint density at radius 3 is 2.26 bits per heavy atom. The first-order valence-electron chi connectivity index (χ1n) is 9.28. The van der Waals surface area contributed by atoms with E-state index in [4.69, 9.17) is 10.6 Å². The highest BCUT2D eigenvalue weighted by Gasteiger charge is 2.19. The maximum Gasteiger partial charge on any atom is 0.314 e. The van der Waals surface area contributed by atoms with Crippen molar-refractivity contribution in [2.45, 2.75) is 13.0 Å². The van der Waals surface area contributed by atoms with E-state index >= 15 is 0 Å². The van der Waals surface area contributed by atoms with Crippen molar-refractivity contribution in [1.29, 1.82) is 0 Å². The monoisotopic (exact) mass is 422 g/mol. The van der Waals surface area contributed by atoms with Crippen LogP contribution in [0.1, 0.15) is 21.5 Å². The number of halogens is 2. The highest BCUT2D eigenvalue weighted by molar-refractivity contribution is 6.05. The van der Waals surface area contributed by atoms with E-state index in [0.717, 1.165) is 11.3 Å². The Labute approximate surface area is 178 Å². The summed E-state index contributed by atoms with van der Waals surface area (Å²) >= 11 is 0. The molecular weight excluding hydrogens is 402 g/mol.